The number of ether oxygens (including phenoxy) is 2. The van der Waals surface area contributed by atoms with Gasteiger partial charge in [0.05, 0.1) is 11.6 Å². The maximum atomic E-state index is 13.8. The molecule has 3 aromatic rings. The van der Waals surface area contributed by atoms with Gasteiger partial charge in [-0.15, -0.1) is 0 Å². The van der Waals surface area contributed by atoms with Gasteiger partial charge in [0.1, 0.15) is 13.2 Å². The molecule has 0 unspecified atom stereocenters. The average molecular weight is 470 g/mol. The number of hydrogen-bond acceptors (Lipinski definition) is 5. The second-order valence-electron chi connectivity index (χ2n) is 9.46. The molecule has 2 aromatic carbocycles. The molecule has 7 heteroatoms. The zero-order chi connectivity index (χ0) is 23.9. The van der Waals surface area contributed by atoms with Crippen LogP contribution < -0.4 is 14.8 Å². The lowest BCUT2D eigenvalue weighted by Crippen LogP contribution is -2.45. The first-order chi connectivity index (χ1) is 17.1. The predicted octanol–water partition coefficient (Wildman–Crippen LogP) is 3.72. The number of fused-ring (bicyclic) bond motifs is 2. The predicted molar refractivity (Wildman–Crippen MR) is 131 cm³/mol. The summed E-state index contributed by atoms with van der Waals surface area (Å²) < 4.78 is 11.3. The number of nitrogens with zero attached hydrogens (tertiary/aromatic N) is 2. The Morgan fingerprint density at radius 2 is 1.89 bits per heavy atom. The number of rotatable bonds is 5. The Balaban J connectivity index is 1.23. The van der Waals surface area contributed by atoms with Crippen LogP contribution in [0.4, 0.5) is 0 Å². The third kappa shape index (κ3) is 3.91. The second kappa shape index (κ2) is 8.73. The van der Waals surface area contributed by atoms with Crippen molar-refractivity contribution in [3.05, 3.63) is 77.6 Å². The Morgan fingerprint density at radius 3 is 2.74 bits per heavy atom. The Labute approximate surface area is 204 Å². The van der Waals surface area contributed by atoms with Crippen molar-refractivity contribution >= 4 is 11.8 Å². The van der Waals surface area contributed by atoms with Crippen LogP contribution in [0.2, 0.25) is 0 Å². The minimum absolute atomic E-state index is 0.00725. The van der Waals surface area contributed by atoms with Gasteiger partial charge in [0.15, 0.2) is 11.5 Å². The van der Waals surface area contributed by atoms with Crippen molar-refractivity contribution in [2.24, 2.45) is 11.8 Å². The minimum atomic E-state index is -0.213. The fourth-order valence-electron chi connectivity index (χ4n) is 5.51. The van der Waals surface area contributed by atoms with Gasteiger partial charge < -0.3 is 19.7 Å². The molecule has 0 radical (unpaired) electrons. The topological polar surface area (TPSA) is 80.8 Å². The molecule has 0 bridgehead atoms. The number of aromatic nitrogens is 1. The molecule has 2 aliphatic heterocycles. The number of piperidine rings is 1. The van der Waals surface area contributed by atoms with Gasteiger partial charge in [0, 0.05) is 36.6 Å². The number of amides is 2. The summed E-state index contributed by atoms with van der Waals surface area (Å²) in [5.74, 6) is 1.80. The smallest absolute Gasteiger partial charge is 0.255 e. The van der Waals surface area contributed by atoms with E-state index in [1.54, 1.807) is 30.6 Å². The maximum Gasteiger partial charge on any atom is 0.255 e. The first kappa shape index (κ1) is 21.6. The summed E-state index contributed by atoms with van der Waals surface area (Å²) in [5.41, 5.74) is 4.02. The molecule has 1 saturated carbocycles. The van der Waals surface area contributed by atoms with Crippen molar-refractivity contribution in [3.63, 3.8) is 0 Å². The van der Waals surface area contributed by atoms with Gasteiger partial charge in [-0.05, 0) is 60.6 Å². The van der Waals surface area contributed by atoms with Crippen molar-refractivity contribution in [2.45, 2.75) is 19.4 Å². The Hall–Kier alpha value is -3.87. The second-order valence-corrected chi connectivity index (χ2v) is 9.46. The monoisotopic (exact) mass is 469 g/mol. The molecule has 2 fully saturated rings. The summed E-state index contributed by atoms with van der Waals surface area (Å²) in [7, 11) is 0. The summed E-state index contributed by atoms with van der Waals surface area (Å²) in [6.45, 7) is 4.04. The van der Waals surface area contributed by atoms with Gasteiger partial charge >= 0.3 is 0 Å². The number of aryl methyl sites for hydroxylation is 1. The van der Waals surface area contributed by atoms with Crippen LogP contribution in [-0.4, -0.2) is 54.0 Å². The van der Waals surface area contributed by atoms with E-state index in [0.29, 0.717) is 54.2 Å². The lowest BCUT2D eigenvalue weighted by atomic mass is 9.95. The third-order valence-electron chi connectivity index (χ3n) is 7.30. The van der Waals surface area contributed by atoms with Crippen LogP contribution in [0.3, 0.4) is 0 Å². The zero-order valence-electron chi connectivity index (χ0n) is 19.6. The largest absolute Gasteiger partial charge is 0.486 e. The van der Waals surface area contributed by atoms with Crippen LogP contribution in [0.1, 0.15) is 32.7 Å². The first-order valence-corrected chi connectivity index (χ1v) is 12.1. The molecule has 7 nitrogen and oxygen atoms in total. The lowest BCUT2D eigenvalue weighted by Gasteiger charge is -2.29. The van der Waals surface area contributed by atoms with E-state index in [9.17, 15) is 9.59 Å². The summed E-state index contributed by atoms with van der Waals surface area (Å²) >= 11 is 0. The molecular formula is C28H27N3O4. The van der Waals surface area contributed by atoms with E-state index >= 15 is 0 Å². The van der Waals surface area contributed by atoms with Crippen LogP contribution in [0.25, 0.3) is 11.1 Å². The molecule has 3 atom stereocenters. The van der Waals surface area contributed by atoms with E-state index in [0.717, 1.165) is 29.7 Å². The van der Waals surface area contributed by atoms with Crippen LogP contribution in [0.15, 0.2) is 60.9 Å². The van der Waals surface area contributed by atoms with Crippen molar-refractivity contribution in [2.75, 3.05) is 26.3 Å². The molecule has 1 aliphatic carbocycles. The van der Waals surface area contributed by atoms with Gasteiger partial charge in [-0.25, -0.2) is 0 Å². The normalized spacial score (nSPS) is 21.9. The number of likely N-dealkylation sites (tertiary alicyclic amines) is 1. The SMILES string of the molecule is Cc1cccc(C(=O)N2C[C@H]3C[C@H]3[C@H]2CNC(=O)c2cccc3c2OCCO3)c1-c1cccnc1. The van der Waals surface area contributed by atoms with Crippen LogP contribution in [0.5, 0.6) is 11.5 Å². The number of nitrogens with one attached hydrogen (secondary N) is 1. The molecule has 35 heavy (non-hydrogen) atoms. The highest BCUT2D eigenvalue weighted by Gasteiger charge is 2.54. The Kier molecular flexibility index (Phi) is 5.40. The van der Waals surface area contributed by atoms with E-state index in [-0.39, 0.29) is 17.9 Å². The molecule has 1 saturated heterocycles. The van der Waals surface area contributed by atoms with Crippen LogP contribution >= 0.6 is 0 Å². The van der Waals surface area contributed by atoms with Crippen molar-refractivity contribution < 1.29 is 19.1 Å². The quantitative estimate of drug-likeness (QED) is 0.616. The number of pyridine rings is 1. The van der Waals surface area contributed by atoms with E-state index in [1.807, 2.05) is 42.2 Å². The molecule has 0 spiro atoms. The zero-order valence-corrected chi connectivity index (χ0v) is 19.6. The highest BCUT2D eigenvalue weighted by atomic mass is 16.6. The fraction of sp³-hybridized carbons (Fsp3) is 0.321. The van der Waals surface area contributed by atoms with E-state index in [4.69, 9.17) is 9.47 Å². The Morgan fingerprint density at radius 1 is 1.06 bits per heavy atom. The van der Waals surface area contributed by atoms with Gasteiger partial charge in [-0.1, -0.05) is 24.3 Å². The highest BCUT2D eigenvalue weighted by Crippen LogP contribution is 2.50. The first-order valence-electron chi connectivity index (χ1n) is 12.1. The minimum Gasteiger partial charge on any atom is -0.486 e. The number of carbonyl (C=O) groups excluding carboxylic acids is 2. The summed E-state index contributed by atoms with van der Waals surface area (Å²) in [6.07, 6.45) is 4.63. The molecule has 178 valence electrons. The van der Waals surface area contributed by atoms with E-state index < -0.39 is 0 Å². The molecule has 3 heterocycles. The van der Waals surface area contributed by atoms with Crippen LogP contribution in [-0.2, 0) is 0 Å². The number of carbonyl (C=O) groups is 2. The fourth-order valence-corrected chi connectivity index (χ4v) is 5.51. The molecular weight excluding hydrogens is 442 g/mol. The van der Waals surface area contributed by atoms with Crippen molar-refractivity contribution in [1.82, 2.24) is 15.2 Å². The van der Waals surface area contributed by atoms with E-state index in [1.165, 1.54) is 0 Å². The summed E-state index contributed by atoms with van der Waals surface area (Å²) in [5, 5.41) is 3.06. The Bertz CT molecular complexity index is 1290. The standard InChI is InChI=1S/C28H27N3O4/c1-17-5-2-7-20(25(17)18-6-4-10-29-14-18)28(33)31-16-19-13-22(19)23(31)15-30-27(32)21-8-3-9-24-26(21)35-12-11-34-24/h2-10,14,19,22-23H,11-13,15-16H2,1H3,(H,30,32)/t19-,22-,23-/m1/s1. The number of hydrogen-bond donors (Lipinski definition) is 1. The summed E-state index contributed by atoms with van der Waals surface area (Å²) in [6, 6.07) is 15.0. The van der Waals surface area contributed by atoms with Crippen molar-refractivity contribution in [1.29, 1.82) is 0 Å². The summed E-state index contributed by atoms with van der Waals surface area (Å²) in [4.78, 5) is 33.1. The molecule has 6 rings (SSSR count). The maximum absolute atomic E-state index is 13.8. The third-order valence-corrected chi connectivity index (χ3v) is 7.30. The van der Waals surface area contributed by atoms with Crippen LogP contribution in [0, 0.1) is 18.8 Å². The molecule has 2 amide bonds. The van der Waals surface area contributed by atoms with Gasteiger partial charge in [-0.3, -0.25) is 14.6 Å². The van der Waals surface area contributed by atoms with Gasteiger partial charge in [-0.2, -0.15) is 0 Å². The molecule has 1 aromatic heterocycles. The molecule has 1 N–H and O–H groups in total. The lowest BCUT2D eigenvalue weighted by molar-refractivity contribution is 0.0695. The van der Waals surface area contributed by atoms with Gasteiger partial charge in [0.25, 0.3) is 11.8 Å². The number of para-hydroxylation sites is 1. The average Bonchev–Trinajstić information content (AvgIpc) is 3.58. The van der Waals surface area contributed by atoms with Gasteiger partial charge in [0.2, 0.25) is 0 Å². The molecule has 3 aliphatic rings. The number of benzene rings is 2. The highest BCUT2D eigenvalue weighted by molar-refractivity contribution is 6.02. The van der Waals surface area contributed by atoms with Crippen molar-refractivity contribution in [3.8, 4) is 22.6 Å². The van der Waals surface area contributed by atoms with E-state index in [2.05, 4.69) is 10.3 Å².